The molecule has 1 aliphatic heterocycles. The highest BCUT2D eigenvalue weighted by Crippen LogP contribution is 2.65. The van der Waals surface area contributed by atoms with E-state index < -0.39 is 5.60 Å². The Morgan fingerprint density at radius 3 is 2.50 bits per heavy atom. The van der Waals surface area contributed by atoms with E-state index in [9.17, 15) is 5.26 Å². The van der Waals surface area contributed by atoms with E-state index in [4.69, 9.17) is 9.47 Å². The summed E-state index contributed by atoms with van der Waals surface area (Å²) >= 11 is 0. The predicted octanol–water partition coefficient (Wildman–Crippen LogP) is 4.91. The Balaban J connectivity index is 1.72. The Bertz CT molecular complexity index is 1060. The molecule has 5 rings (SSSR count). The molecule has 4 heteroatoms. The van der Waals surface area contributed by atoms with Crippen LogP contribution >= 0.6 is 0 Å². The van der Waals surface area contributed by atoms with Crippen LogP contribution in [0.15, 0.2) is 66.9 Å². The number of rotatable bonds is 3. The van der Waals surface area contributed by atoms with Crippen LogP contribution in [-0.4, -0.2) is 12.1 Å². The largest absolute Gasteiger partial charge is 0.481 e. The van der Waals surface area contributed by atoms with Crippen molar-refractivity contribution in [3.05, 3.63) is 89.1 Å². The fourth-order valence-electron chi connectivity index (χ4n) is 5.06. The van der Waals surface area contributed by atoms with E-state index in [1.54, 1.807) is 13.3 Å². The van der Waals surface area contributed by atoms with Crippen molar-refractivity contribution in [1.82, 2.24) is 4.98 Å². The maximum absolute atomic E-state index is 9.21. The van der Waals surface area contributed by atoms with Gasteiger partial charge in [-0.25, -0.2) is 4.98 Å². The Hall–Kier alpha value is -3.32. The molecule has 1 aliphatic carbocycles. The van der Waals surface area contributed by atoms with Gasteiger partial charge in [0, 0.05) is 18.0 Å². The smallest absolute Gasteiger partial charge is 0.220 e. The lowest BCUT2D eigenvalue weighted by Crippen LogP contribution is -2.36. The van der Waals surface area contributed by atoms with Crippen molar-refractivity contribution in [3.8, 4) is 17.7 Å². The van der Waals surface area contributed by atoms with Crippen LogP contribution in [0.5, 0.6) is 11.6 Å². The van der Waals surface area contributed by atoms with Gasteiger partial charge in [-0.05, 0) is 42.2 Å². The van der Waals surface area contributed by atoms with Crippen LogP contribution in [0, 0.1) is 11.3 Å². The highest BCUT2D eigenvalue weighted by molar-refractivity contribution is 5.54. The first-order valence-corrected chi connectivity index (χ1v) is 9.55. The lowest BCUT2D eigenvalue weighted by Gasteiger charge is -2.36. The number of nitrogens with zero attached hydrogens (tertiary/aromatic N) is 2. The lowest BCUT2D eigenvalue weighted by atomic mass is 9.74. The van der Waals surface area contributed by atoms with Crippen molar-refractivity contribution in [2.45, 2.75) is 30.3 Å². The van der Waals surface area contributed by atoms with Gasteiger partial charge >= 0.3 is 0 Å². The fourth-order valence-corrected chi connectivity index (χ4v) is 5.06. The molecule has 0 saturated heterocycles. The molecule has 28 heavy (non-hydrogen) atoms. The monoisotopic (exact) mass is 368 g/mol. The highest BCUT2D eigenvalue weighted by atomic mass is 16.5. The summed E-state index contributed by atoms with van der Waals surface area (Å²) in [4.78, 5) is 4.43. The molecule has 2 aliphatic rings. The predicted molar refractivity (Wildman–Crippen MR) is 105 cm³/mol. The number of fused-ring (bicyclic) bond motifs is 3. The quantitative estimate of drug-likeness (QED) is 0.659. The topological polar surface area (TPSA) is 55.1 Å². The Kier molecular flexibility index (Phi) is 3.84. The molecule has 1 aromatic heterocycles. The second-order valence-electron chi connectivity index (χ2n) is 7.41. The first kappa shape index (κ1) is 16.8. The van der Waals surface area contributed by atoms with Crippen molar-refractivity contribution >= 4 is 0 Å². The zero-order valence-electron chi connectivity index (χ0n) is 15.6. The Labute approximate surface area is 164 Å². The van der Waals surface area contributed by atoms with Crippen LogP contribution < -0.4 is 9.47 Å². The highest BCUT2D eigenvalue weighted by Gasteiger charge is 2.60. The minimum absolute atomic E-state index is 0.157. The van der Waals surface area contributed by atoms with Crippen LogP contribution in [-0.2, 0) is 5.60 Å². The molecule has 4 nitrogen and oxygen atoms in total. The average Bonchev–Trinajstić information content (AvgIpc) is 3.29. The van der Waals surface area contributed by atoms with E-state index in [1.165, 1.54) is 5.56 Å². The third kappa shape index (κ3) is 2.26. The molecule has 0 radical (unpaired) electrons. The molecule has 2 heterocycles. The molecule has 3 unspecified atom stereocenters. The van der Waals surface area contributed by atoms with Gasteiger partial charge in [-0.1, -0.05) is 42.5 Å². The first-order chi connectivity index (χ1) is 13.8. The van der Waals surface area contributed by atoms with Crippen molar-refractivity contribution in [2.24, 2.45) is 0 Å². The molecule has 0 spiro atoms. The normalized spacial score (nSPS) is 24.7. The van der Waals surface area contributed by atoms with Gasteiger partial charge in [0.25, 0.3) is 0 Å². The molecule has 3 atom stereocenters. The SMILES string of the molecule is COc1nccc2c1C1CCC(c3ccccc3)C1(c1ccc(C#N)cc1)O2. The van der Waals surface area contributed by atoms with E-state index in [1.807, 2.05) is 36.4 Å². The van der Waals surface area contributed by atoms with Crippen molar-refractivity contribution in [1.29, 1.82) is 5.26 Å². The summed E-state index contributed by atoms with van der Waals surface area (Å²) in [6, 6.07) is 22.6. The van der Waals surface area contributed by atoms with Crippen LogP contribution in [0.2, 0.25) is 0 Å². The van der Waals surface area contributed by atoms with Gasteiger partial charge in [0.1, 0.15) is 11.4 Å². The second kappa shape index (κ2) is 6.38. The summed E-state index contributed by atoms with van der Waals surface area (Å²) in [5.41, 5.74) is 3.57. The van der Waals surface area contributed by atoms with Gasteiger partial charge in [0.2, 0.25) is 5.88 Å². The van der Waals surface area contributed by atoms with Gasteiger partial charge in [-0.15, -0.1) is 0 Å². The van der Waals surface area contributed by atoms with Crippen LogP contribution in [0.4, 0.5) is 0 Å². The van der Waals surface area contributed by atoms with Gasteiger partial charge in [-0.2, -0.15) is 5.26 Å². The molecule has 0 N–H and O–H groups in total. The third-order valence-electron chi connectivity index (χ3n) is 6.18. The second-order valence-corrected chi connectivity index (χ2v) is 7.41. The number of nitriles is 1. The summed E-state index contributed by atoms with van der Waals surface area (Å²) in [6.45, 7) is 0. The molecule has 1 saturated carbocycles. The van der Waals surface area contributed by atoms with Crippen LogP contribution in [0.3, 0.4) is 0 Å². The van der Waals surface area contributed by atoms with Crippen molar-refractivity contribution < 1.29 is 9.47 Å². The number of benzene rings is 2. The number of hydrogen-bond acceptors (Lipinski definition) is 4. The molecular weight excluding hydrogens is 348 g/mol. The van der Waals surface area contributed by atoms with Gasteiger partial charge in [-0.3, -0.25) is 0 Å². The van der Waals surface area contributed by atoms with E-state index in [0.29, 0.717) is 11.4 Å². The molecular formula is C24H20N2O2. The minimum Gasteiger partial charge on any atom is -0.481 e. The maximum Gasteiger partial charge on any atom is 0.220 e. The van der Waals surface area contributed by atoms with E-state index in [0.717, 1.165) is 29.7 Å². The number of pyridine rings is 1. The van der Waals surface area contributed by atoms with Crippen LogP contribution in [0.25, 0.3) is 0 Å². The molecule has 0 bridgehead atoms. The zero-order chi connectivity index (χ0) is 19.1. The summed E-state index contributed by atoms with van der Waals surface area (Å²) in [7, 11) is 1.66. The number of aromatic nitrogens is 1. The van der Waals surface area contributed by atoms with Gasteiger partial charge in [0.15, 0.2) is 0 Å². The minimum atomic E-state index is -0.520. The Morgan fingerprint density at radius 1 is 1.04 bits per heavy atom. The van der Waals surface area contributed by atoms with Crippen molar-refractivity contribution in [2.75, 3.05) is 7.11 Å². The Morgan fingerprint density at radius 2 is 1.79 bits per heavy atom. The zero-order valence-corrected chi connectivity index (χ0v) is 15.6. The molecule has 1 fully saturated rings. The van der Waals surface area contributed by atoms with E-state index >= 15 is 0 Å². The average molecular weight is 368 g/mol. The summed E-state index contributed by atoms with van der Waals surface area (Å²) in [6.07, 6.45) is 3.75. The maximum atomic E-state index is 9.21. The van der Waals surface area contributed by atoms with Gasteiger partial charge < -0.3 is 9.47 Å². The van der Waals surface area contributed by atoms with E-state index in [2.05, 4.69) is 35.3 Å². The van der Waals surface area contributed by atoms with Gasteiger partial charge in [0.05, 0.1) is 24.3 Å². The molecule has 3 aromatic rings. The van der Waals surface area contributed by atoms with E-state index in [-0.39, 0.29) is 11.8 Å². The molecule has 0 amide bonds. The lowest BCUT2D eigenvalue weighted by molar-refractivity contribution is 0.0641. The summed E-state index contributed by atoms with van der Waals surface area (Å²) < 4.78 is 12.4. The molecule has 2 aromatic carbocycles. The summed E-state index contributed by atoms with van der Waals surface area (Å²) in [5, 5.41) is 9.21. The first-order valence-electron chi connectivity index (χ1n) is 9.55. The number of hydrogen-bond donors (Lipinski definition) is 0. The number of methoxy groups -OCH3 is 1. The fraction of sp³-hybridized carbons (Fsp3) is 0.250. The van der Waals surface area contributed by atoms with Crippen LogP contribution in [0.1, 0.15) is 46.9 Å². The molecule has 138 valence electrons. The third-order valence-corrected chi connectivity index (χ3v) is 6.18. The standard InChI is InChI=1S/C24H20N2O2/c1-27-23-22-20-12-11-19(17-5-3-2-4-6-17)24(20,28-21(22)13-14-26-23)18-9-7-16(15-25)8-10-18/h2-10,13-14,19-20H,11-12H2,1H3. The van der Waals surface area contributed by atoms with Crippen molar-refractivity contribution in [3.63, 3.8) is 0 Å². The summed E-state index contributed by atoms with van der Waals surface area (Å²) in [5.74, 6) is 1.86. The number of ether oxygens (including phenoxy) is 2.